The lowest BCUT2D eigenvalue weighted by molar-refractivity contribution is 0.239. The van der Waals surface area contributed by atoms with E-state index in [9.17, 15) is 4.79 Å². The lowest BCUT2D eigenvalue weighted by atomic mass is 10.3. The van der Waals surface area contributed by atoms with Gasteiger partial charge in [0.25, 0.3) is 0 Å². The van der Waals surface area contributed by atoms with Crippen molar-refractivity contribution in [2.75, 3.05) is 6.54 Å². The first-order valence-corrected chi connectivity index (χ1v) is 4.17. The van der Waals surface area contributed by atoms with Gasteiger partial charge in [-0.1, -0.05) is 13.3 Å². The smallest absolute Gasteiger partial charge is 0.333 e. The Morgan fingerprint density at radius 3 is 2.67 bits per heavy atom. The number of carbonyl (C=O) groups is 1. The molecule has 0 heterocycles. The first-order chi connectivity index (χ1) is 5.66. The van der Waals surface area contributed by atoms with Gasteiger partial charge in [0, 0.05) is 6.54 Å². The molecule has 0 aliphatic carbocycles. The molecule has 0 radical (unpaired) electrons. The van der Waals surface area contributed by atoms with Crippen molar-refractivity contribution in [1.29, 1.82) is 0 Å². The number of amides is 2. The second-order valence-electron chi connectivity index (χ2n) is 2.22. The van der Waals surface area contributed by atoms with Gasteiger partial charge in [-0.2, -0.15) is 0 Å². The summed E-state index contributed by atoms with van der Waals surface area (Å²) in [6.45, 7) is 2.70. The van der Waals surface area contributed by atoms with Crippen molar-refractivity contribution in [1.82, 2.24) is 16.2 Å². The average molecular weight is 190 g/mol. The van der Waals surface area contributed by atoms with E-state index in [0.717, 1.165) is 12.8 Å². The highest BCUT2D eigenvalue weighted by atomic mass is 32.1. The van der Waals surface area contributed by atoms with Gasteiger partial charge >= 0.3 is 6.03 Å². The molecule has 0 bridgehead atoms. The van der Waals surface area contributed by atoms with Crippen LogP contribution in [0.15, 0.2) is 0 Å². The molecular formula is C6H14N4OS. The third-order valence-corrected chi connectivity index (χ3v) is 1.22. The zero-order valence-corrected chi connectivity index (χ0v) is 7.83. The van der Waals surface area contributed by atoms with Gasteiger partial charge in [0.1, 0.15) is 0 Å². The highest BCUT2D eigenvalue weighted by Crippen LogP contribution is 1.81. The van der Waals surface area contributed by atoms with Crippen LogP contribution < -0.4 is 21.9 Å². The lowest BCUT2D eigenvalue weighted by Gasteiger charge is -2.07. The number of thiocarbonyl (C=S) groups is 1. The maximum absolute atomic E-state index is 10.8. The van der Waals surface area contributed by atoms with E-state index >= 15 is 0 Å². The molecule has 0 aromatic carbocycles. The van der Waals surface area contributed by atoms with Crippen LogP contribution >= 0.6 is 12.2 Å². The fourth-order valence-electron chi connectivity index (χ4n) is 0.541. The number of nitrogens with two attached hydrogens (primary N) is 1. The van der Waals surface area contributed by atoms with Crippen molar-refractivity contribution in [3.8, 4) is 0 Å². The molecule has 0 aromatic heterocycles. The van der Waals surface area contributed by atoms with Gasteiger partial charge in [0.15, 0.2) is 5.11 Å². The summed E-state index contributed by atoms with van der Waals surface area (Å²) >= 11 is 4.47. The summed E-state index contributed by atoms with van der Waals surface area (Å²) < 4.78 is 0. The Balaban J connectivity index is 3.28. The Kier molecular flexibility index (Phi) is 6.08. The molecule has 5 nitrogen and oxygen atoms in total. The van der Waals surface area contributed by atoms with E-state index in [1.165, 1.54) is 0 Å². The Morgan fingerprint density at radius 1 is 1.50 bits per heavy atom. The Bertz CT molecular complexity index is 162. The monoisotopic (exact) mass is 190 g/mol. The van der Waals surface area contributed by atoms with Crippen LogP contribution in [-0.2, 0) is 0 Å². The van der Waals surface area contributed by atoms with Gasteiger partial charge in [0.2, 0.25) is 0 Å². The van der Waals surface area contributed by atoms with Crippen LogP contribution in [-0.4, -0.2) is 17.7 Å². The normalized spacial score (nSPS) is 8.75. The van der Waals surface area contributed by atoms with Gasteiger partial charge in [-0.25, -0.2) is 10.2 Å². The van der Waals surface area contributed by atoms with E-state index in [1.807, 2.05) is 6.92 Å². The summed E-state index contributed by atoms with van der Waals surface area (Å²) in [5.41, 5.74) is 9.67. The molecule has 0 aliphatic rings. The summed E-state index contributed by atoms with van der Waals surface area (Å²) in [6, 6.07) is -0.323. The quantitative estimate of drug-likeness (QED) is 0.283. The van der Waals surface area contributed by atoms with E-state index in [-0.39, 0.29) is 11.1 Å². The Labute approximate surface area is 77.0 Å². The second kappa shape index (κ2) is 6.66. The molecule has 0 saturated heterocycles. The molecule has 70 valence electrons. The summed E-state index contributed by atoms with van der Waals surface area (Å²) in [4.78, 5) is 10.8. The number of hydrazine groups is 1. The van der Waals surface area contributed by atoms with Gasteiger partial charge in [-0.15, -0.1) is 0 Å². The maximum Gasteiger partial charge on any atom is 0.333 e. The van der Waals surface area contributed by atoms with Crippen molar-refractivity contribution >= 4 is 23.4 Å². The lowest BCUT2D eigenvalue weighted by Crippen LogP contribution is -2.48. The van der Waals surface area contributed by atoms with E-state index in [1.54, 1.807) is 0 Å². The van der Waals surface area contributed by atoms with Gasteiger partial charge in [-0.05, 0) is 18.6 Å². The van der Waals surface area contributed by atoms with Crippen LogP contribution in [0.5, 0.6) is 0 Å². The molecule has 0 aliphatic heterocycles. The third kappa shape index (κ3) is 7.07. The molecule has 5 N–H and O–H groups in total. The minimum absolute atomic E-state index is 0.0423. The average Bonchev–Trinajstić information content (AvgIpc) is 2.01. The number of carbonyl (C=O) groups excluding carboxylic acids is 1. The minimum Gasteiger partial charge on any atom is -0.375 e. The van der Waals surface area contributed by atoms with Crippen LogP contribution in [0.1, 0.15) is 19.8 Å². The molecule has 0 aromatic rings. The van der Waals surface area contributed by atoms with Crippen LogP contribution in [0.25, 0.3) is 0 Å². The third-order valence-electron chi connectivity index (χ3n) is 1.12. The second-order valence-corrected chi connectivity index (χ2v) is 2.66. The Morgan fingerprint density at radius 2 is 2.17 bits per heavy atom. The number of unbranched alkanes of at least 4 members (excludes halogenated alkanes) is 1. The van der Waals surface area contributed by atoms with Gasteiger partial charge < -0.3 is 11.1 Å². The summed E-state index contributed by atoms with van der Waals surface area (Å²) in [5.74, 6) is 0. The summed E-state index contributed by atoms with van der Waals surface area (Å²) in [7, 11) is 0. The van der Waals surface area contributed by atoms with Crippen molar-refractivity contribution < 1.29 is 4.79 Å². The molecule has 6 heteroatoms. The first-order valence-electron chi connectivity index (χ1n) is 3.76. The topological polar surface area (TPSA) is 79.2 Å². The maximum atomic E-state index is 10.8. The number of rotatable bonds is 3. The zero-order valence-electron chi connectivity index (χ0n) is 7.02. The fraction of sp³-hybridized carbons (Fsp3) is 0.667. The molecule has 0 spiro atoms. The van der Waals surface area contributed by atoms with Crippen molar-refractivity contribution in [3.63, 3.8) is 0 Å². The Hall–Kier alpha value is -1.04. The molecule has 0 saturated carbocycles. The van der Waals surface area contributed by atoms with Gasteiger partial charge in [-0.3, -0.25) is 5.43 Å². The first kappa shape index (κ1) is 11.0. The standard InChI is InChI=1S/C6H14N4OS/c1-2-3-4-8-6(11)10-9-5(7)12/h2-4H2,1H3,(H3,7,9,12)(H2,8,10,11). The van der Waals surface area contributed by atoms with Crippen molar-refractivity contribution in [2.45, 2.75) is 19.8 Å². The number of urea groups is 1. The molecule has 0 atom stereocenters. The number of nitrogens with one attached hydrogen (secondary N) is 3. The van der Waals surface area contributed by atoms with Crippen LogP contribution in [0, 0.1) is 0 Å². The number of hydrogen-bond acceptors (Lipinski definition) is 2. The minimum atomic E-state index is -0.323. The fourth-order valence-corrected chi connectivity index (χ4v) is 0.592. The molecule has 0 rings (SSSR count). The van der Waals surface area contributed by atoms with Crippen molar-refractivity contribution in [3.05, 3.63) is 0 Å². The SMILES string of the molecule is CCCCNC(=O)NNC(N)=S. The van der Waals surface area contributed by atoms with E-state index < -0.39 is 0 Å². The van der Waals surface area contributed by atoms with E-state index in [2.05, 4.69) is 28.4 Å². The predicted molar refractivity (Wildman–Crippen MR) is 51.4 cm³/mol. The summed E-state index contributed by atoms with van der Waals surface area (Å²) in [5, 5.41) is 2.65. The van der Waals surface area contributed by atoms with Crippen LogP contribution in [0.4, 0.5) is 4.79 Å². The molecule has 2 amide bonds. The highest BCUT2D eigenvalue weighted by molar-refractivity contribution is 7.80. The van der Waals surface area contributed by atoms with Gasteiger partial charge in [0.05, 0.1) is 0 Å². The van der Waals surface area contributed by atoms with Crippen molar-refractivity contribution in [2.24, 2.45) is 5.73 Å². The zero-order chi connectivity index (χ0) is 9.40. The molecule has 12 heavy (non-hydrogen) atoms. The molecule has 0 fully saturated rings. The summed E-state index contributed by atoms with van der Waals surface area (Å²) in [6.07, 6.45) is 2.00. The van der Waals surface area contributed by atoms with E-state index in [0.29, 0.717) is 6.54 Å². The molecular weight excluding hydrogens is 176 g/mol. The predicted octanol–water partition coefficient (Wildman–Crippen LogP) is -0.166. The highest BCUT2D eigenvalue weighted by Gasteiger charge is 1.96. The largest absolute Gasteiger partial charge is 0.375 e. The van der Waals surface area contributed by atoms with E-state index in [4.69, 9.17) is 5.73 Å². The van der Waals surface area contributed by atoms with Crippen LogP contribution in [0.3, 0.4) is 0 Å². The number of hydrogen-bond donors (Lipinski definition) is 4. The molecule has 0 unspecified atom stereocenters. The van der Waals surface area contributed by atoms with Crippen LogP contribution in [0.2, 0.25) is 0 Å².